The first kappa shape index (κ1) is 15.3. The van der Waals surface area contributed by atoms with Gasteiger partial charge in [-0.1, -0.05) is 0 Å². The standard InChI is InChI=1S/C12H19N3O4S/c1-9-6-15(7-10(8-16)19-9)20(17,18)12-3-2-4-14-11(12)5-13/h2-4,9-10,16H,5-8,13H2,1H3. The SMILES string of the molecule is CC1CN(S(=O)(=O)c2cccnc2CN)CC(CO)O1. The van der Waals surface area contributed by atoms with Crippen molar-refractivity contribution in [3.8, 4) is 0 Å². The Labute approximate surface area is 118 Å². The molecular weight excluding hydrogens is 282 g/mol. The Morgan fingerprint density at radius 1 is 1.55 bits per heavy atom. The number of nitrogens with zero attached hydrogens (tertiary/aromatic N) is 2. The van der Waals surface area contributed by atoms with Crippen molar-refractivity contribution in [1.82, 2.24) is 9.29 Å². The van der Waals surface area contributed by atoms with Crippen LogP contribution in [-0.4, -0.2) is 54.7 Å². The van der Waals surface area contributed by atoms with E-state index in [1.54, 1.807) is 13.0 Å². The summed E-state index contributed by atoms with van der Waals surface area (Å²) in [5, 5.41) is 9.18. The average molecular weight is 301 g/mol. The number of hydrogen-bond acceptors (Lipinski definition) is 6. The smallest absolute Gasteiger partial charge is 0.245 e. The van der Waals surface area contributed by atoms with Crippen LogP contribution in [0.3, 0.4) is 0 Å². The molecule has 1 fully saturated rings. The van der Waals surface area contributed by atoms with Gasteiger partial charge in [0, 0.05) is 25.8 Å². The molecular formula is C12H19N3O4S. The number of ether oxygens (including phenoxy) is 1. The van der Waals surface area contributed by atoms with Gasteiger partial charge in [0.2, 0.25) is 10.0 Å². The summed E-state index contributed by atoms with van der Waals surface area (Å²) in [6.45, 7) is 1.99. The van der Waals surface area contributed by atoms with Crippen LogP contribution in [0.4, 0.5) is 0 Å². The number of sulfonamides is 1. The number of hydrogen-bond donors (Lipinski definition) is 2. The largest absolute Gasteiger partial charge is 0.394 e. The Balaban J connectivity index is 2.34. The second-order valence-electron chi connectivity index (χ2n) is 4.73. The van der Waals surface area contributed by atoms with Crippen LogP contribution in [0.15, 0.2) is 23.2 Å². The monoisotopic (exact) mass is 301 g/mol. The summed E-state index contributed by atoms with van der Waals surface area (Å²) >= 11 is 0. The lowest BCUT2D eigenvalue weighted by Crippen LogP contribution is -2.50. The molecule has 2 unspecified atom stereocenters. The first-order valence-electron chi connectivity index (χ1n) is 6.39. The van der Waals surface area contributed by atoms with Crippen molar-refractivity contribution < 1.29 is 18.3 Å². The quantitative estimate of drug-likeness (QED) is 0.762. The molecule has 0 spiro atoms. The van der Waals surface area contributed by atoms with Crippen LogP contribution in [-0.2, 0) is 21.3 Å². The van der Waals surface area contributed by atoms with Gasteiger partial charge in [0.25, 0.3) is 0 Å². The molecule has 0 radical (unpaired) electrons. The number of pyridine rings is 1. The Morgan fingerprint density at radius 3 is 2.95 bits per heavy atom. The summed E-state index contributed by atoms with van der Waals surface area (Å²) in [5.41, 5.74) is 5.89. The Morgan fingerprint density at radius 2 is 2.30 bits per heavy atom. The highest BCUT2D eigenvalue weighted by atomic mass is 32.2. The highest BCUT2D eigenvalue weighted by molar-refractivity contribution is 7.89. The lowest BCUT2D eigenvalue weighted by atomic mass is 10.2. The average Bonchev–Trinajstić information content (AvgIpc) is 2.46. The van der Waals surface area contributed by atoms with Gasteiger partial charge in [0.05, 0.1) is 24.5 Å². The number of aliphatic hydroxyl groups excluding tert-OH is 1. The van der Waals surface area contributed by atoms with E-state index < -0.39 is 16.1 Å². The predicted octanol–water partition coefficient (Wildman–Crippen LogP) is -0.689. The zero-order chi connectivity index (χ0) is 14.8. The molecule has 0 aliphatic carbocycles. The van der Waals surface area contributed by atoms with Crippen molar-refractivity contribution in [2.75, 3.05) is 19.7 Å². The predicted molar refractivity (Wildman–Crippen MR) is 72.3 cm³/mol. The highest BCUT2D eigenvalue weighted by Gasteiger charge is 2.34. The molecule has 2 rings (SSSR count). The van der Waals surface area contributed by atoms with E-state index >= 15 is 0 Å². The van der Waals surface area contributed by atoms with Crippen molar-refractivity contribution in [3.05, 3.63) is 24.0 Å². The summed E-state index contributed by atoms with van der Waals surface area (Å²) in [6.07, 6.45) is 0.736. The van der Waals surface area contributed by atoms with Gasteiger partial charge in [-0.25, -0.2) is 8.42 Å². The minimum Gasteiger partial charge on any atom is -0.394 e. The fourth-order valence-electron chi connectivity index (χ4n) is 2.25. The number of rotatable bonds is 4. The van der Waals surface area contributed by atoms with Gasteiger partial charge in [-0.05, 0) is 19.1 Å². The third-order valence-electron chi connectivity index (χ3n) is 3.16. The van der Waals surface area contributed by atoms with Gasteiger partial charge in [0.1, 0.15) is 4.90 Å². The lowest BCUT2D eigenvalue weighted by molar-refractivity contribution is -0.0750. The van der Waals surface area contributed by atoms with E-state index in [0.29, 0.717) is 5.69 Å². The van der Waals surface area contributed by atoms with Crippen LogP contribution in [0.2, 0.25) is 0 Å². The van der Waals surface area contributed by atoms with Crippen LogP contribution < -0.4 is 5.73 Å². The third-order valence-corrected chi connectivity index (χ3v) is 5.06. The molecule has 1 aliphatic rings. The summed E-state index contributed by atoms with van der Waals surface area (Å²) in [5.74, 6) is 0. The van der Waals surface area contributed by atoms with Crippen LogP contribution in [0, 0.1) is 0 Å². The minimum atomic E-state index is -3.68. The second kappa shape index (κ2) is 6.15. The van der Waals surface area contributed by atoms with E-state index in [4.69, 9.17) is 10.5 Å². The zero-order valence-electron chi connectivity index (χ0n) is 11.3. The van der Waals surface area contributed by atoms with E-state index in [9.17, 15) is 13.5 Å². The Kier molecular flexibility index (Phi) is 4.71. The van der Waals surface area contributed by atoms with Gasteiger partial charge in [0.15, 0.2) is 0 Å². The zero-order valence-corrected chi connectivity index (χ0v) is 12.1. The molecule has 3 N–H and O–H groups in total. The normalized spacial score (nSPS) is 24.8. The Bertz CT molecular complexity index is 564. The van der Waals surface area contributed by atoms with Crippen molar-refractivity contribution in [2.24, 2.45) is 5.73 Å². The lowest BCUT2D eigenvalue weighted by Gasteiger charge is -2.35. The molecule has 8 heteroatoms. The van der Waals surface area contributed by atoms with E-state index in [1.807, 2.05) is 0 Å². The first-order valence-corrected chi connectivity index (χ1v) is 7.83. The van der Waals surface area contributed by atoms with E-state index in [0.717, 1.165) is 0 Å². The second-order valence-corrected chi connectivity index (χ2v) is 6.63. The third kappa shape index (κ3) is 2.99. The maximum Gasteiger partial charge on any atom is 0.245 e. The van der Waals surface area contributed by atoms with Crippen molar-refractivity contribution in [1.29, 1.82) is 0 Å². The van der Waals surface area contributed by atoms with Gasteiger partial charge < -0.3 is 15.6 Å². The van der Waals surface area contributed by atoms with E-state index in [-0.39, 0.29) is 37.2 Å². The molecule has 1 aliphatic heterocycles. The van der Waals surface area contributed by atoms with Crippen molar-refractivity contribution in [2.45, 2.75) is 30.6 Å². The van der Waals surface area contributed by atoms with Crippen LogP contribution in [0.5, 0.6) is 0 Å². The van der Waals surface area contributed by atoms with Gasteiger partial charge >= 0.3 is 0 Å². The molecule has 0 aromatic carbocycles. The van der Waals surface area contributed by atoms with Crippen molar-refractivity contribution in [3.63, 3.8) is 0 Å². The molecule has 0 amide bonds. The van der Waals surface area contributed by atoms with Crippen LogP contribution in [0.1, 0.15) is 12.6 Å². The summed E-state index contributed by atoms with van der Waals surface area (Å²) in [6, 6.07) is 3.07. The van der Waals surface area contributed by atoms with Crippen LogP contribution >= 0.6 is 0 Å². The molecule has 0 saturated carbocycles. The fourth-order valence-corrected chi connectivity index (χ4v) is 3.98. The molecule has 7 nitrogen and oxygen atoms in total. The Hall–Kier alpha value is -1.06. The number of aromatic nitrogens is 1. The molecule has 0 bridgehead atoms. The minimum absolute atomic E-state index is 0.0543. The summed E-state index contributed by atoms with van der Waals surface area (Å²) in [4.78, 5) is 4.12. The molecule has 2 atom stereocenters. The number of morpholine rings is 1. The first-order chi connectivity index (χ1) is 9.48. The topological polar surface area (TPSA) is 106 Å². The molecule has 1 saturated heterocycles. The summed E-state index contributed by atoms with van der Waals surface area (Å²) < 4.78 is 32.1. The van der Waals surface area contributed by atoms with E-state index in [2.05, 4.69) is 4.98 Å². The molecule has 112 valence electrons. The maximum absolute atomic E-state index is 12.7. The van der Waals surface area contributed by atoms with Gasteiger partial charge in [-0.3, -0.25) is 4.98 Å². The maximum atomic E-state index is 12.7. The highest BCUT2D eigenvalue weighted by Crippen LogP contribution is 2.22. The van der Waals surface area contributed by atoms with Crippen molar-refractivity contribution >= 4 is 10.0 Å². The molecule has 20 heavy (non-hydrogen) atoms. The number of aliphatic hydroxyl groups is 1. The molecule has 2 heterocycles. The fraction of sp³-hybridized carbons (Fsp3) is 0.583. The molecule has 1 aromatic heterocycles. The van der Waals surface area contributed by atoms with Gasteiger partial charge in [-0.2, -0.15) is 4.31 Å². The number of nitrogens with two attached hydrogens (primary N) is 1. The summed E-state index contributed by atoms with van der Waals surface area (Å²) in [7, 11) is -3.68. The molecule has 1 aromatic rings. The van der Waals surface area contributed by atoms with E-state index in [1.165, 1.54) is 16.6 Å². The van der Waals surface area contributed by atoms with Gasteiger partial charge in [-0.15, -0.1) is 0 Å². The van der Waals surface area contributed by atoms with Crippen LogP contribution in [0.25, 0.3) is 0 Å².